The summed E-state index contributed by atoms with van der Waals surface area (Å²) in [6.45, 7) is 4.46. The predicted octanol–water partition coefficient (Wildman–Crippen LogP) is 3.36. The van der Waals surface area contributed by atoms with Crippen LogP contribution in [-0.2, 0) is 0 Å². The van der Waals surface area contributed by atoms with Crippen molar-refractivity contribution in [3.8, 4) is 0 Å². The Hall–Kier alpha value is -1.10. The van der Waals surface area contributed by atoms with E-state index >= 15 is 0 Å². The Morgan fingerprint density at radius 3 is 2.36 bits per heavy atom. The molecule has 5 heteroatoms. The molecule has 14 heavy (non-hydrogen) atoms. The Balaban J connectivity index is 2.92. The summed E-state index contributed by atoms with van der Waals surface area (Å²) in [5, 5.41) is 0. The molecule has 0 aliphatic carbocycles. The van der Waals surface area contributed by atoms with Gasteiger partial charge in [0.05, 0.1) is 10.5 Å². The third-order valence-corrected chi connectivity index (χ3v) is 2.58. The molecular weight excluding hydrogens is 213 g/mol. The van der Waals surface area contributed by atoms with Crippen LogP contribution >= 0.6 is 11.3 Å². The molecular formula is C9H7F3OS. The Labute approximate surface area is 82.9 Å². The first-order valence-corrected chi connectivity index (χ1v) is 4.51. The highest BCUT2D eigenvalue weighted by atomic mass is 32.1. The number of allylic oxidation sites excluding steroid dienone is 1. The van der Waals surface area contributed by atoms with Crippen LogP contribution in [0.3, 0.4) is 0 Å². The zero-order valence-electron chi connectivity index (χ0n) is 7.31. The molecule has 0 fully saturated rings. The lowest BCUT2D eigenvalue weighted by atomic mass is 10.1. The minimum Gasteiger partial charge on any atom is -0.288 e. The number of carbonyl (C=O) groups is 1. The van der Waals surface area contributed by atoms with Gasteiger partial charge in [-0.05, 0) is 19.1 Å². The molecule has 1 aromatic rings. The Bertz CT molecular complexity index is 376. The van der Waals surface area contributed by atoms with E-state index in [4.69, 9.17) is 0 Å². The fourth-order valence-electron chi connectivity index (χ4n) is 0.834. The van der Waals surface area contributed by atoms with Crippen molar-refractivity contribution in [2.24, 2.45) is 0 Å². The first kappa shape index (κ1) is 11.0. The van der Waals surface area contributed by atoms with Crippen LogP contribution in [0.15, 0.2) is 24.3 Å². The van der Waals surface area contributed by atoms with Gasteiger partial charge in [0.25, 0.3) is 0 Å². The summed E-state index contributed by atoms with van der Waals surface area (Å²) in [5.41, 5.74) is -1.32. The molecule has 0 aliphatic rings. The molecule has 0 N–H and O–H groups in total. The number of hydrogen-bond acceptors (Lipinski definition) is 2. The number of hydrogen-bond donors (Lipinski definition) is 0. The molecule has 0 bridgehead atoms. The van der Waals surface area contributed by atoms with Crippen LogP contribution in [0.2, 0.25) is 0 Å². The lowest BCUT2D eigenvalue weighted by Gasteiger charge is -2.06. The molecule has 1 aromatic heterocycles. The SMILES string of the molecule is C=C(C(=O)c1ccc(C)s1)C(F)(F)F. The van der Waals surface area contributed by atoms with E-state index in [1.807, 2.05) is 0 Å². The van der Waals surface area contributed by atoms with E-state index in [1.54, 1.807) is 13.0 Å². The number of ketones is 1. The van der Waals surface area contributed by atoms with Gasteiger partial charge in [-0.25, -0.2) is 0 Å². The molecule has 1 nitrogen and oxygen atoms in total. The summed E-state index contributed by atoms with van der Waals surface area (Å²) in [6, 6.07) is 2.97. The van der Waals surface area contributed by atoms with Crippen LogP contribution < -0.4 is 0 Å². The molecule has 1 heterocycles. The van der Waals surface area contributed by atoms with Gasteiger partial charge >= 0.3 is 6.18 Å². The minimum absolute atomic E-state index is 0.0739. The number of Topliss-reactive ketones (excluding diaryl/α,β-unsaturated/α-hetero) is 1. The van der Waals surface area contributed by atoms with E-state index < -0.39 is 17.5 Å². The van der Waals surface area contributed by atoms with Gasteiger partial charge in [-0.15, -0.1) is 11.3 Å². The summed E-state index contributed by atoms with van der Waals surface area (Å²) in [6.07, 6.45) is -4.64. The minimum atomic E-state index is -4.64. The van der Waals surface area contributed by atoms with Gasteiger partial charge < -0.3 is 0 Å². The van der Waals surface area contributed by atoms with Crippen molar-refractivity contribution in [3.63, 3.8) is 0 Å². The number of thiophene rings is 1. The maximum absolute atomic E-state index is 12.1. The first-order valence-electron chi connectivity index (χ1n) is 3.69. The third kappa shape index (κ3) is 2.23. The molecule has 1 rings (SSSR count). The molecule has 0 aromatic carbocycles. The molecule has 0 saturated heterocycles. The monoisotopic (exact) mass is 220 g/mol. The van der Waals surface area contributed by atoms with E-state index in [1.165, 1.54) is 6.07 Å². The highest BCUT2D eigenvalue weighted by Crippen LogP contribution is 2.29. The van der Waals surface area contributed by atoms with Crippen LogP contribution in [0.5, 0.6) is 0 Å². The second-order valence-corrected chi connectivity index (χ2v) is 4.00. The molecule has 0 saturated carbocycles. The van der Waals surface area contributed by atoms with Gasteiger partial charge in [0.1, 0.15) is 0 Å². The first-order chi connectivity index (χ1) is 6.32. The smallest absolute Gasteiger partial charge is 0.288 e. The topological polar surface area (TPSA) is 17.1 Å². The van der Waals surface area contributed by atoms with Gasteiger partial charge in [0, 0.05) is 4.88 Å². The van der Waals surface area contributed by atoms with Crippen molar-refractivity contribution in [2.75, 3.05) is 0 Å². The Morgan fingerprint density at radius 2 is 2.00 bits per heavy atom. The summed E-state index contributed by atoms with van der Waals surface area (Å²) in [4.78, 5) is 12.1. The number of alkyl halides is 3. The van der Waals surface area contributed by atoms with Gasteiger partial charge in [-0.3, -0.25) is 4.79 Å². The summed E-state index contributed by atoms with van der Waals surface area (Å²) < 4.78 is 36.2. The third-order valence-electron chi connectivity index (χ3n) is 1.58. The maximum Gasteiger partial charge on any atom is 0.419 e. The zero-order valence-corrected chi connectivity index (χ0v) is 8.13. The normalized spacial score (nSPS) is 11.4. The number of carbonyl (C=O) groups excluding carboxylic acids is 1. The van der Waals surface area contributed by atoms with Crippen LogP contribution in [0.25, 0.3) is 0 Å². The van der Waals surface area contributed by atoms with Crippen molar-refractivity contribution >= 4 is 17.1 Å². The highest BCUT2D eigenvalue weighted by molar-refractivity contribution is 7.14. The van der Waals surface area contributed by atoms with E-state index in [9.17, 15) is 18.0 Å². The molecule has 0 spiro atoms. The second kappa shape index (κ2) is 3.57. The van der Waals surface area contributed by atoms with Gasteiger partial charge in [0.15, 0.2) is 0 Å². The van der Waals surface area contributed by atoms with Crippen LogP contribution in [0.1, 0.15) is 14.5 Å². The standard InChI is InChI=1S/C9H7F3OS/c1-5-3-4-7(14-5)8(13)6(2)9(10,11)12/h3-4H,2H2,1H3. The lowest BCUT2D eigenvalue weighted by molar-refractivity contribution is -0.0883. The van der Waals surface area contributed by atoms with Crippen molar-refractivity contribution in [1.82, 2.24) is 0 Å². The van der Waals surface area contributed by atoms with Crippen molar-refractivity contribution < 1.29 is 18.0 Å². The quantitative estimate of drug-likeness (QED) is 0.551. The van der Waals surface area contributed by atoms with Gasteiger partial charge in [-0.1, -0.05) is 6.58 Å². The summed E-state index contributed by atoms with van der Waals surface area (Å²) >= 11 is 1.03. The maximum atomic E-state index is 12.1. The zero-order chi connectivity index (χ0) is 10.9. The van der Waals surface area contributed by atoms with Crippen molar-refractivity contribution in [3.05, 3.63) is 34.0 Å². The number of aryl methyl sites for hydroxylation is 1. The number of rotatable bonds is 2. The van der Waals surface area contributed by atoms with Crippen LogP contribution in [0, 0.1) is 6.92 Å². The highest BCUT2D eigenvalue weighted by Gasteiger charge is 2.37. The molecule has 0 aliphatic heterocycles. The predicted molar refractivity (Wildman–Crippen MR) is 48.6 cm³/mol. The fraction of sp³-hybridized carbons (Fsp3) is 0.222. The molecule has 0 amide bonds. The molecule has 76 valence electrons. The van der Waals surface area contributed by atoms with Gasteiger partial charge in [-0.2, -0.15) is 13.2 Å². The van der Waals surface area contributed by atoms with E-state index in [0.29, 0.717) is 0 Å². The largest absolute Gasteiger partial charge is 0.419 e. The van der Waals surface area contributed by atoms with Crippen LogP contribution in [0.4, 0.5) is 13.2 Å². The van der Waals surface area contributed by atoms with E-state index in [2.05, 4.69) is 6.58 Å². The molecule has 0 atom stereocenters. The van der Waals surface area contributed by atoms with E-state index in [-0.39, 0.29) is 4.88 Å². The van der Waals surface area contributed by atoms with E-state index in [0.717, 1.165) is 16.2 Å². The average molecular weight is 220 g/mol. The number of halogens is 3. The van der Waals surface area contributed by atoms with Crippen molar-refractivity contribution in [2.45, 2.75) is 13.1 Å². The molecule has 0 radical (unpaired) electrons. The Morgan fingerprint density at radius 1 is 1.43 bits per heavy atom. The van der Waals surface area contributed by atoms with Crippen molar-refractivity contribution in [1.29, 1.82) is 0 Å². The fourth-order valence-corrected chi connectivity index (χ4v) is 1.67. The lowest BCUT2D eigenvalue weighted by Crippen LogP contribution is -2.18. The summed E-state index contributed by atoms with van der Waals surface area (Å²) in [7, 11) is 0. The average Bonchev–Trinajstić information content (AvgIpc) is 2.47. The Kier molecular flexibility index (Phi) is 2.80. The molecule has 0 unspecified atom stereocenters. The summed E-state index contributed by atoms with van der Waals surface area (Å²) in [5.74, 6) is -1.05. The van der Waals surface area contributed by atoms with Gasteiger partial charge in [0.2, 0.25) is 5.78 Å². The second-order valence-electron chi connectivity index (χ2n) is 2.72. The van der Waals surface area contributed by atoms with Crippen LogP contribution in [-0.4, -0.2) is 12.0 Å².